The van der Waals surface area contributed by atoms with Crippen LogP contribution in [0.3, 0.4) is 0 Å². The third kappa shape index (κ3) is 7.09. The van der Waals surface area contributed by atoms with Crippen LogP contribution in [-0.4, -0.2) is 87.5 Å². The number of piperazine rings is 1. The van der Waals surface area contributed by atoms with E-state index in [0.29, 0.717) is 43.1 Å². The molecule has 2 aliphatic carbocycles. The lowest BCUT2D eigenvalue weighted by molar-refractivity contribution is -0.0263. The van der Waals surface area contributed by atoms with Crippen molar-refractivity contribution in [2.24, 2.45) is 0 Å². The predicted molar refractivity (Wildman–Crippen MR) is 171 cm³/mol. The van der Waals surface area contributed by atoms with Crippen molar-refractivity contribution in [2.45, 2.75) is 89.3 Å². The Morgan fingerprint density at radius 3 is 2.38 bits per heavy atom. The van der Waals surface area contributed by atoms with Crippen molar-refractivity contribution in [3.8, 4) is 0 Å². The van der Waals surface area contributed by atoms with Gasteiger partial charge in [0.1, 0.15) is 17.0 Å². The van der Waals surface area contributed by atoms with Gasteiger partial charge >= 0.3 is 12.1 Å². The van der Waals surface area contributed by atoms with Crippen LogP contribution in [0.5, 0.6) is 0 Å². The van der Waals surface area contributed by atoms with Crippen LogP contribution in [0.1, 0.15) is 97.4 Å². The molecule has 3 heterocycles. The summed E-state index contributed by atoms with van der Waals surface area (Å²) in [4.78, 5) is 46.7. The second-order valence-electron chi connectivity index (χ2n) is 13.7. The third-order valence-electron chi connectivity index (χ3n) is 9.33. The Kier molecular flexibility index (Phi) is 8.94. The zero-order chi connectivity index (χ0) is 33.5. The minimum Gasteiger partial charge on any atom is -0.465 e. The first kappa shape index (κ1) is 32.8. The molecular formula is C34H42F2N6O5. The van der Waals surface area contributed by atoms with Crippen LogP contribution in [0.4, 0.5) is 19.3 Å². The van der Waals surface area contributed by atoms with E-state index in [1.54, 1.807) is 17.0 Å². The van der Waals surface area contributed by atoms with Gasteiger partial charge in [0.15, 0.2) is 0 Å². The fourth-order valence-electron chi connectivity index (χ4n) is 6.88. The highest BCUT2D eigenvalue weighted by Gasteiger charge is 2.39. The molecule has 0 unspecified atom stereocenters. The lowest BCUT2D eigenvalue weighted by Crippen LogP contribution is -2.53. The largest absolute Gasteiger partial charge is 0.465 e. The molecule has 1 saturated heterocycles. The molecule has 0 bridgehead atoms. The number of carbonyl (C=O) groups excluding carboxylic acids is 3. The molecule has 11 nitrogen and oxygen atoms in total. The number of pyridine rings is 1. The van der Waals surface area contributed by atoms with Gasteiger partial charge in [-0.05, 0) is 83.1 Å². The average molecular weight is 653 g/mol. The first-order chi connectivity index (χ1) is 22.3. The number of rotatable bonds is 5. The van der Waals surface area contributed by atoms with Crippen molar-refractivity contribution >= 4 is 34.6 Å². The zero-order valence-electron chi connectivity index (χ0n) is 27.4. The monoisotopic (exact) mass is 652 g/mol. The summed E-state index contributed by atoms with van der Waals surface area (Å²) in [6.45, 7) is 8.55. The molecule has 1 N–H and O–H groups in total. The normalized spacial score (nSPS) is 21.6. The highest BCUT2D eigenvalue weighted by Crippen LogP contribution is 2.39. The highest BCUT2D eigenvalue weighted by molar-refractivity contribution is 6.09. The molecule has 1 aliphatic heterocycles. The molecule has 252 valence electrons. The number of benzene rings is 1. The van der Waals surface area contributed by atoms with Gasteiger partial charge in [0.05, 0.1) is 29.9 Å². The second-order valence-corrected chi connectivity index (χ2v) is 13.7. The van der Waals surface area contributed by atoms with Crippen LogP contribution in [0.15, 0.2) is 30.5 Å². The molecule has 0 atom stereocenters. The fourth-order valence-corrected chi connectivity index (χ4v) is 6.88. The van der Waals surface area contributed by atoms with Gasteiger partial charge < -0.3 is 19.7 Å². The SMILES string of the molecule is COC(=O)c1cc2nn(C3CCC(N4CCN(C(=O)OC(C)(C)C)CC4)CC3)cc2cc1NC(=O)c1ccc2c(n1)C(F)(F)CCC2. The summed E-state index contributed by atoms with van der Waals surface area (Å²) in [6, 6.07) is 6.80. The van der Waals surface area contributed by atoms with Gasteiger partial charge in [0, 0.05) is 50.2 Å². The van der Waals surface area contributed by atoms with Crippen LogP contribution in [0.2, 0.25) is 0 Å². The molecule has 3 aromatic rings. The van der Waals surface area contributed by atoms with Crippen molar-refractivity contribution in [2.75, 3.05) is 38.6 Å². The van der Waals surface area contributed by atoms with E-state index in [0.717, 1.165) is 44.2 Å². The first-order valence-electron chi connectivity index (χ1n) is 16.3. The summed E-state index contributed by atoms with van der Waals surface area (Å²) in [5.74, 6) is -4.45. The van der Waals surface area contributed by atoms with E-state index in [2.05, 4.69) is 15.2 Å². The number of fused-ring (bicyclic) bond motifs is 2. The maximum Gasteiger partial charge on any atom is 0.410 e. The summed E-state index contributed by atoms with van der Waals surface area (Å²) in [5, 5.41) is 8.20. The van der Waals surface area contributed by atoms with Gasteiger partial charge in [-0.3, -0.25) is 14.4 Å². The summed E-state index contributed by atoms with van der Waals surface area (Å²) in [7, 11) is 1.25. The first-order valence-corrected chi connectivity index (χ1v) is 16.3. The lowest BCUT2D eigenvalue weighted by Gasteiger charge is -2.42. The fraction of sp³-hybridized carbons (Fsp3) is 0.559. The molecule has 13 heteroatoms. The predicted octanol–water partition coefficient (Wildman–Crippen LogP) is 5.93. The number of alkyl halides is 2. The van der Waals surface area contributed by atoms with Crippen LogP contribution in [-0.2, 0) is 21.8 Å². The van der Waals surface area contributed by atoms with E-state index in [1.807, 2.05) is 31.6 Å². The molecule has 0 radical (unpaired) electrons. The van der Waals surface area contributed by atoms with Crippen molar-refractivity contribution < 1.29 is 32.6 Å². The lowest BCUT2D eigenvalue weighted by atomic mass is 9.90. The number of hydrogen-bond acceptors (Lipinski definition) is 8. The third-order valence-corrected chi connectivity index (χ3v) is 9.33. The quantitative estimate of drug-likeness (QED) is 0.337. The Hall–Kier alpha value is -4.13. The van der Waals surface area contributed by atoms with E-state index in [-0.39, 0.29) is 41.2 Å². The van der Waals surface area contributed by atoms with Gasteiger partial charge in [-0.1, -0.05) is 6.07 Å². The van der Waals surface area contributed by atoms with E-state index in [1.165, 1.54) is 19.2 Å². The van der Waals surface area contributed by atoms with Crippen molar-refractivity contribution in [1.29, 1.82) is 0 Å². The van der Waals surface area contributed by atoms with Crippen molar-refractivity contribution in [1.82, 2.24) is 24.6 Å². The molecule has 6 rings (SSSR count). The van der Waals surface area contributed by atoms with Crippen LogP contribution in [0.25, 0.3) is 10.9 Å². The minimum absolute atomic E-state index is 0.108. The average Bonchev–Trinajstić information content (AvgIpc) is 3.46. The number of esters is 1. The van der Waals surface area contributed by atoms with Gasteiger partial charge in [0.2, 0.25) is 0 Å². The molecule has 1 aromatic carbocycles. The number of carbonyl (C=O) groups is 3. The molecule has 1 saturated carbocycles. The molecule has 2 aromatic heterocycles. The zero-order valence-corrected chi connectivity index (χ0v) is 27.4. The number of halogens is 2. The number of amides is 2. The van der Waals surface area contributed by atoms with E-state index < -0.39 is 23.4 Å². The van der Waals surface area contributed by atoms with E-state index in [9.17, 15) is 23.2 Å². The molecule has 3 aliphatic rings. The number of nitrogens with one attached hydrogen (secondary N) is 1. The van der Waals surface area contributed by atoms with Crippen molar-refractivity contribution in [3.63, 3.8) is 0 Å². The molecule has 0 spiro atoms. The summed E-state index contributed by atoms with van der Waals surface area (Å²) in [6.07, 6.45) is 6.03. The topological polar surface area (TPSA) is 119 Å². The Balaban J connectivity index is 1.13. The molecule has 2 amide bonds. The summed E-state index contributed by atoms with van der Waals surface area (Å²) < 4.78 is 41.5. The minimum atomic E-state index is -3.09. The number of hydrogen-bond donors (Lipinski definition) is 1. The number of aromatic nitrogens is 3. The summed E-state index contributed by atoms with van der Waals surface area (Å²) in [5.41, 5.74) is 0.291. The molecule has 47 heavy (non-hydrogen) atoms. The van der Waals surface area contributed by atoms with Crippen molar-refractivity contribution in [3.05, 3.63) is 53.0 Å². The number of ether oxygens (including phenoxy) is 2. The molecular weight excluding hydrogens is 610 g/mol. The number of anilines is 1. The Bertz CT molecular complexity index is 1670. The Morgan fingerprint density at radius 1 is 1.00 bits per heavy atom. The number of nitrogens with zero attached hydrogens (tertiary/aromatic N) is 5. The Labute approximate surface area is 272 Å². The van der Waals surface area contributed by atoms with Gasteiger partial charge in [-0.15, -0.1) is 0 Å². The van der Waals surface area contributed by atoms with Crippen LogP contribution < -0.4 is 5.32 Å². The van der Waals surface area contributed by atoms with Gasteiger partial charge in [-0.25, -0.2) is 14.6 Å². The van der Waals surface area contributed by atoms with E-state index >= 15 is 0 Å². The second kappa shape index (κ2) is 12.8. The van der Waals surface area contributed by atoms with Crippen LogP contribution >= 0.6 is 0 Å². The summed E-state index contributed by atoms with van der Waals surface area (Å²) >= 11 is 0. The maximum absolute atomic E-state index is 14.5. The standard InChI is InChI=1S/C34H42F2N6O5/c1-33(2,3)47-32(45)41-16-14-40(15-17-41)23-8-10-24(11-9-23)42-20-22-18-28(25(31(44)46-4)19-27(22)39-42)38-30(43)26-12-7-21-6-5-13-34(35,36)29(21)37-26/h7,12,18-20,23-24H,5-6,8-11,13-17H2,1-4H3,(H,38,43). The highest BCUT2D eigenvalue weighted by atomic mass is 19.3. The molecule has 2 fully saturated rings. The Morgan fingerprint density at radius 2 is 1.70 bits per heavy atom. The van der Waals surface area contributed by atoms with Gasteiger partial charge in [-0.2, -0.15) is 13.9 Å². The number of methoxy groups -OCH3 is 1. The van der Waals surface area contributed by atoms with Crippen LogP contribution in [0, 0.1) is 0 Å². The van der Waals surface area contributed by atoms with Gasteiger partial charge in [0.25, 0.3) is 11.8 Å². The maximum atomic E-state index is 14.5. The smallest absolute Gasteiger partial charge is 0.410 e. The van der Waals surface area contributed by atoms with E-state index in [4.69, 9.17) is 14.6 Å². The number of aryl methyl sites for hydroxylation is 1.